The maximum absolute atomic E-state index is 10.8. The van der Waals surface area contributed by atoms with E-state index in [2.05, 4.69) is 0 Å². The second-order valence-corrected chi connectivity index (χ2v) is 2.21. The summed E-state index contributed by atoms with van der Waals surface area (Å²) in [7, 11) is 1.55. The van der Waals surface area contributed by atoms with Crippen molar-refractivity contribution in [3.8, 4) is 6.07 Å². The Balaban J connectivity index is 3.97. The highest BCUT2D eigenvalue weighted by Crippen LogP contribution is 1.94. The van der Waals surface area contributed by atoms with Gasteiger partial charge >= 0.3 is 0 Å². The maximum atomic E-state index is 10.8. The molecule has 0 saturated carbocycles. The van der Waals surface area contributed by atoms with Gasteiger partial charge in [0.15, 0.2) is 0 Å². The van der Waals surface area contributed by atoms with Crippen molar-refractivity contribution in [3.05, 3.63) is 0 Å². The van der Waals surface area contributed by atoms with Crippen molar-refractivity contribution < 1.29 is 4.79 Å². The zero-order valence-corrected chi connectivity index (χ0v) is 6.72. The molecule has 4 heteroatoms. The lowest BCUT2D eigenvalue weighted by Crippen LogP contribution is -2.34. The number of alkyl halides is 1. The molecule has 0 fully saturated rings. The molecule has 0 saturated heterocycles. The minimum atomic E-state index is -0.397. The fourth-order valence-electron chi connectivity index (χ4n) is 0.397. The van der Waals surface area contributed by atoms with Gasteiger partial charge in [0.2, 0.25) is 5.91 Å². The smallest absolute Gasteiger partial charge is 0.238 e. The molecule has 0 aromatic heterocycles. The number of carbonyl (C=O) groups is 1. The van der Waals surface area contributed by atoms with Crippen molar-refractivity contribution in [1.82, 2.24) is 4.90 Å². The second-order valence-electron chi connectivity index (χ2n) is 1.94. The van der Waals surface area contributed by atoms with Crippen LogP contribution in [0.4, 0.5) is 0 Å². The molecule has 0 rings (SSSR count). The lowest BCUT2D eigenvalue weighted by Gasteiger charge is -2.17. The van der Waals surface area contributed by atoms with Crippen molar-refractivity contribution in [2.45, 2.75) is 13.0 Å². The molecule has 56 valence electrons. The zero-order chi connectivity index (χ0) is 8.15. The SMILES string of the molecule is CC(C#N)N(C)C(=O)CCl. The number of amides is 1. The average Bonchev–Trinajstić information content (AvgIpc) is 2.00. The summed E-state index contributed by atoms with van der Waals surface area (Å²) in [5.74, 6) is -0.293. The summed E-state index contributed by atoms with van der Waals surface area (Å²) < 4.78 is 0. The van der Waals surface area contributed by atoms with Crippen molar-refractivity contribution in [3.63, 3.8) is 0 Å². The van der Waals surface area contributed by atoms with Crippen molar-refractivity contribution >= 4 is 17.5 Å². The highest BCUT2D eigenvalue weighted by Gasteiger charge is 2.12. The van der Waals surface area contributed by atoms with Crippen LogP contribution in [0.25, 0.3) is 0 Å². The van der Waals surface area contributed by atoms with E-state index in [0.717, 1.165) is 0 Å². The van der Waals surface area contributed by atoms with Gasteiger partial charge in [-0.05, 0) is 6.92 Å². The molecule has 10 heavy (non-hydrogen) atoms. The Morgan fingerprint density at radius 2 is 2.40 bits per heavy atom. The molecule has 1 unspecified atom stereocenters. The predicted octanol–water partition coefficient (Wildman–Crippen LogP) is 0.596. The molecular weight excluding hydrogens is 152 g/mol. The van der Waals surface area contributed by atoms with Crippen molar-refractivity contribution in [2.75, 3.05) is 12.9 Å². The van der Waals surface area contributed by atoms with Crippen LogP contribution in [0.2, 0.25) is 0 Å². The molecule has 0 aliphatic rings. The summed E-state index contributed by atoms with van der Waals surface area (Å²) in [5.41, 5.74) is 0. The number of carbonyl (C=O) groups excluding carboxylic acids is 1. The van der Waals surface area contributed by atoms with Crippen LogP contribution >= 0.6 is 11.6 Å². The first-order valence-electron chi connectivity index (χ1n) is 2.84. The minimum Gasteiger partial charge on any atom is -0.329 e. The van der Waals surface area contributed by atoms with Gasteiger partial charge in [0, 0.05) is 7.05 Å². The normalized spacial score (nSPS) is 11.8. The highest BCUT2D eigenvalue weighted by molar-refractivity contribution is 6.27. The van der Waals surface area contributed by atoms with Gasteiger partial charge in [0.05, 0.1) is 6.07 Å². The van der Waals surface area contributed by atoms with Crippen LogP contribution in [0.5, 0.6) is 0 Å². The van der Waals surface area contributed by atoms with Gasteiger partial charge in [0.1, 0.15) is 11.9 Å². The van der Waals surface area contributed by atoms with Crippen LogP contribution < -0.4 is 0 Å². The summed E-state index contributed by atoms with van der Waals surface area (Å²) in [6, 6.07) is 1.53. The largest absolute Gasteiger partial charge is 0.329 e. The number of nitrogens with zero attached hydrogens (tertiary/aromatic N) is 2. The Hall–Kier alpha value is -0.750. The zero-order valence-electron chi connectivity index (χ0n) is 5.97. The van der Waals surface area contributed by atoms with Gasteiger partial charge < -0.3 is 4.90 Å². The third kappa shape index (κ3) is 2.24. The van der Waals surface area contributed by atoms with Crippen LogP contribution in [-0.2, 0) is 4.79 Å². The maximum Gasteiger partial charge on any atom is 0.238 e. The van der Waals surface area contributed by atoms with Crippen LogP contribution in [0, 0.1) is 11.3 Å². The van der Waals surface area contributed by atoms with Gasteiger partial charge in [-0.25, -0.2) is 0 Å². The van der Waals surface area contributed by atoms with E-state index in [1.807, 2.05) is 6.07 Å². The summed E-state index contributed by atoms with van der Waals surface area (Å²) in [5, 5.41) is 8.36. The van der Waals surface area contributed by atoms with E-state index in [4.69, 9.17) is 16.9 Å². The quantitative estimate of drug-likeness (QED) is 0.556. The molecule has 0 aromatic rings. The van der Waals surface area contributed by atoms with Gasteiger partial charge in [-0.2, -0.15) is 5.26 Å². The van der Waals surface area contributed by atoms with Gasteiger partial charge in [0.25, 0.3) is 0 Å². The predicted molar refractivity (Wildman–Crippen MR) is 38.6 cm³/mol. The molecule has 0 aliphatic carbocycles. The molecule has 0 bridgehead atoms. The molecule has 0 aliphatic heterocycles. The first-order valence-corrected chi connectivity index (χ1v) is 3.38. The van der Waals surface area contributed by atoms with Crippen molar-refractivity contribution in [2.24, 2.45) is 0 Å². The molecule has 3 nitrogen and oxygen atoms in total. The summed E-state index contributed by atoms with van der Waals surface area (Å²) in [6.07, 6.45) is 0. The third-order valence-corrected chi connectivity index (χ3v) is 1.50. The molecule has 1 atom stereocenters. The number of hydrogen-bond donors (Lipinski definition) is 0. The van der Waals surface area contributed by atoms with Crippen molar-refractivity contribution in [1.29, 1.82) is 5.26 Å². The highest BCUT2D eigenvalue weighted by atomic mass is 35.5. The fourth-order valence-corrected chi connectivity index (χ4v) is 0.585. The Morgan fingerprint density at radius 1 is 1.90 bits per heavy atom. The van der Waals surface area contributed by atoms with Crippen LogP contribution in [0.15, 0.2) is 0 Å². The Morgan fingerprint density at radius 3 is 2.70 bits per heavy atom. The average molecular weight is 161 g/mol. The molecule has 0 aromatic carbocycles. The van der Waals surface area contributed by atoms with E-state index in [-0.39, 0.29) is 11.8 Å². The number of rotatable bonds is 2. The van der Waals surface area contributed by atoms with Crippen LogP contribution in [0.3, 0.4) is 0 Å². The van der Waals surface area contributed by atoms with Crippen LogP contribution in [-0.4, -0.2) is 29.8 Å². The van der Waals surface area contributed by atoms with Crippen LogP contribution in [0.1, 0.15) is 6.92 Å². The van der Waals surface area contributed by atoms with E-state index < -0.39 is 6.04 Å². The molecular formula is C6H9ClN2O. The van der Waals surface area contributed by atoms with E-state index >= 15 is 0 Å². The first kappa shape index (κ1) is 9.25. The first-order chi connectivity index (χ1) is 4.63. The molecule has 0 spiro atoms. The number of hydrogen-bond acceptors (Lipinski definition) is 2. The van der Waals surface area contributed by atoms with E-state index in [1.165, 1.54) is 4.90 Å². The molecule has 0 radical (unpaired) electrons. The van der Waals surface area contributed by atoms with Gasteiger partial charge in [-0.1, -0.05) is 0 Å². The monoisotopic (exact) mass is 160 g/mol. The topological polar surface area (TPSA) is 44.1 Å². The van der Waals surface area contributed by atoms with Gasteiger partial charge in [-0.3, -0.25) is 4.79 Å². The molecule has 0 heterocycles. The van der Waals surface area contributed by atoms with E-state index in [0.29, 0.717) is 0 Å². The molecule has 1 amide bonds. The minimum absolute atomic E-state index is 0.0669. The summed E-state index contributed by atoms with van der Waals surface area (Å²) in [4.78, 5) is 12.1. The van der Waals surface area contributed by atoms with E-state index in [9.17, 15) is 4.79 Å². The lowest BCUT2D eigenvalue weighted by molar-refractivity contribution is -0.128. The summed E-state index contributed by atoms with van der Waals surface area (Å²) >= 11 is 5.25. The second kappa shape index (κ2) is 4.13. The standard InChI is InChI=1S/C6H9ClN2O/c1-5(4-8)9(2)6(10)3-7/h5H,3H2,1-2H3. The Kier molecular flexibility index (Phi) is 3.82. The number of nitriles is 1. The van der Waals surface area contributed by atoms with E-state index in [1.54, 1.807) is 14.0 Å². The Bertz CT molecular complexity index is 164. The van der Waals surface area contributed by atoms with Gasteiger partial charge in [-0.15, -0.1) is 11.6 Å². The number of halogens is 1. The summed E-state index contributed by atoms with van der Waals surface area (Å²) in [6.45, 7) is 1.64. The Labute approximate surface area is 65.2 Å². The fraction of sp³-hybridized carbons (Fsp3) is 0.667. The lowest BCUT2D eigenvalue weighted by atomic mass is 10.3. The third-order valence-electron chi connectivity index (χ3n) is 1.28. The molecule has 0 N–H and O–H groups in total.